The molecule has 2 aromatic rings. The zero-order valence-corrected chi connectivity index (χ0v) is 18.0. The Morgan fingerprint density at radius 3 is 2.71 bits per heavy atom. The average molecular weight is 443 g/mol. The van der Waals surface area contributed by atoms with Crippen molar-refractivity contribution >= 4 is 49.0 Å². The second kappa shape index (κ2) is 7.89. The van der Waals surface area contributed by atoms with Crippen molar-refractivity contribution in [3.63, 3.8) is 0 Å². The summed E-state index contributed by atoms with van der Waals surface area (Å²) in [6, 6.07) is 6.77. The number of carbonyl (C=O) groups is 1. The lowest BCUT2D eigenvalue weighted by atomic mass is 10.2. The summed E-state index contributed by atoms with van der Waals surface area (Å²) in [5, 5.41) is 4.36. The molecular weight excluding hydrogens is 420 g/mol. The Morgan fingerprint density at radius 1 is 1.21 bits per heavy atom. The first-order chi connectivity index (χ1) is 13.3. The summed E-state index contributed by atoms with van der Waals surface area (Å²) in [6.07, 6.45) is 0. The predicted octanol–water partition coefficient (Wildman–Crippen LogP) is 1.29. The number of amides is 1. The van der Waals surface area contributed by atoms with E-state index in [2.05, 4.69) is 22.2 Å². The Morgan fingerprint density at radius 2 is 1.96 bits per heavy atom. The third-order valence-electron chi connectivity index (χ3n) is 5.24. The van der Waals surface area contributed by atoms with E-state index in [1.54, 1.807) is 18.2 Å². The number of halogens is 1. The molecule has 7 nitrogen and oxygen atoms in total. The molecule has 1 amide bonds. The Balaban J connectivity index is 1.51. The van der Waals surface area contributed by atoms with Crippen LogP contribution in [0.25, 0.3) is 10.1 Å². The van der Waals surface area contributed by atoms with E-state index in [1.807, 2.05) is 6.07 Å². The van der Waals surface area contributed by atoms with Crippen LogP contribution in [0.4, 0.5) is 0 Å². The molecule has 10 heteroatoms. The molecular formula is C18H23ClN4O3S2. The lowest BCUT2D eigenvalue weighted by Crippen LogP contribution is -2.60. The molecule has 152 valence electrons. The highest BCUT2D eigenvalue weighted by Crippen LogP contribution is 2.33. The monoisotopic (exact) mass is 442 g/mol. The number of thiophene rings is 1. The van der Waals surface area contributed by atoms with Gasteiger partial charge in [-0.05, 0) is 30.6 Å². The van der Waals surface area contributed by atoms with Gasteiger partial charge < -0.3 is 10.2 Å². The maximum absolute atomic E-state index is 13.2. The second-order valence-electron chi connectivity index (χ2n) is 7.41. The van der Waals surface area contributed by atoms with Gasteiger partial charge in [-0.3, -0.25) is 9.69 Å². The molecule has 2 aliphatic heterocycles. The topological polar surface area (TPSA) is 73.0 Å². The van der Waals surface area contributed by atoms with Crippen LogP contribution in [0.5, 0.6) is 0 Å². The molecule has 2 saturated heterocycles. The number of nitrogens with zero attached hydrogens (tertiary/aromatic N) is 3. The van der Waals surface area contributed by atoms with Crippen LogP contribution in [0.2, 0.25) is 5.02 Å². The molecule has 1 aromatic heterocycles. The molecule has 3 heterocycles. The van der Waals surface area contributed by atoms with E-state index in [9.17, 15) is 13.2 Å². The van der Waals surface area contributed by atoms with E-state index in [4.69, 9.17) is 11.6 Å². The van der Waals surface area contributed by atoms with Crippen molar-refractivity contribution in [2.75, 3.05) is 52.9 Å². The van der Waals surface area contributed by atoms with Crippen molar-refractivity contribution in [3.8, 4) is 0 Å². The van der Waals surface area contributed by atoms with Crippen molar-refractivity contribution in [2.45, 2.75) is 10.3 Å². The minimum Gasteiger partial charge on any atom is -0.350 e. The number of fused-ring (bicyclic) bond motifs is 1. The van der Waals surface area contributed by atoms with Gasteiger partial charge in [0.1, 0.15) is 4.21 Å². The van der Waals surface area contributed by atoms with Crippen molar-refractivity contribution in [2.24, 2.45) is 0 Å². The van der Waals surface area contributed by atoms with Crippen LogP contribution < -0.4 is 5.32 Å². The average Bonchev–Trinajstić information content (AvgIpc) is 3.07. The summed E-state index contributed by atoms with van der Waals surface area (Å²) in [5.41, 5.74) is 0. The molecule has 2 aliphatic rings. The third kappa shape index (κ3) is 4.19. The molecule has 1 N–H and O–H groups in total. The van der Waals surface area contributed by atoms with Crippen molar-refractivity contribution < 1.29 is 13.2 Å². The van der Waals surface area contributed by atoms with Gasteiger partial charge in [0.05, 0.1) is 12.6 Å². The SMILES string of the molecule is CN1CCN(CC2CN(S(=O)(=O)c3cc4ccc(Cl)cc4s3)CC(=O)N2)CC1. The predicted molar refractivity (Wildman–Crippen MR) is 111 cm³/mol. The Hall–Kier alpha value is -1.23. The molecule has 0 spiro atoms. The standard InChI is InChI=1S/C18H23ClN4O3S2/c1-21-4-6-22(7-5-21)10-15-11-23(12-17(24)20-15)28(25,26)18-8-13-2-3-14(19)9-16(13)27-18/h2-3,8-9,15H,4-7,10-12H2,1H3,(H,20,24). The quantitative estimate of drug-likeness (QED) is 0.772. The maximum Gasteiger partial charge on any atom is 0.253 e. The van der Waals surface area contributed by atoms with Crippen molar-refractivity contribution in [1.29, 1.82) is 0 Å². The second-order valence-corrected chi connectivity index (χ2v) is 11.1. The molecule has 1 atom stereocenters. The van der Waals surface area contributed by atoms with Crippen LogP contribution in [0.3, 0.4) is 0 Å². The number of piperazine rings is 2. The van der Waals surface area contributed by atoms with Gasteiger partial charge in [0.25, 0.3) is 10.0 Å². The minimum atomic E-state index is -3.73. The lowest BCUT2D eigenvalue weighted by molar-refractivity contribution is -0.124. The first kappa shape index (κ1) is 20.1. The van der Waals surface area contributed by atoms with Gasteiger partial charge in [-0.25, -0.2) is 8.42 Å². The largest absolute Gasteiger partial charge is 0.350 e. The van der Waals surface area contributed by atoms with Crippen molar-refractivity contribution in [3.05, 3.63) is 29.3 Å². The number of sulfonamides is 1. The highest BCUT2D eigenvalue weighted by molar-refractivity contribution is 7.91. The zero-order chi connectivity index (χ0) is 19.9. The molecule has 0 aliphatic carbocycles. The van der Waals surface area contributed by atoms with E-state index in [0.29, 0.717) is 11.6 Å². The maximum atomic E-state index is 13.2. The highest BCUT2D eigenvalue weighted by Gasteiger charge is 2.35. The van der Waals surface area contributed by atoms with Crippen molar-refractivity contribution in [1.82, 2.24) is 19.4 Å². The van der Waals surface area contributed by atoms with Crippen LogP contribution in [0.1, 0.15) is 0 Å². The highest BCUT2D eigenvalue weighted by atomic mass is 35.5. The van der Waals surface area contributed by atoms with Crippen LogP contribution in [-0.2, 0) is 14.8 Å². The summed E-state index contributed by atoms with van der Waals surface area (Å²) >= 11 is 7.21. The first-order valence-electron chi connectivity index (χ1n) is 9.21. The van der Waals surface area contributed by atoms with Gasteiger partial charge in [-0.1, -0.05) is 17.7 Å². The normalized spacial score (nSPS) is 23.2. The third-order valence-corrected chi connectivity index (χ3v) is 8.83. The smallest absolute Gasteiger partial charge is 0.253 e. The van der Waals surface area contributed by atoms with Crippen LogP contribution in [0, 0.1) is 0 Å². The molecule has 1 aromatic carbocycles. The van der Waals surface area contributed by atoms with Gasteiger partial charge in [-0.15, -0.1) is 11.3 Å². The van der Waals surface area contributed by atoms with Gasteiger partial charge >= 0.3 is 0 Å². The number of nitrogens with one attached hydrogen (secondary N) is 1. The van der Waals surface area contributed by atoms with Crippen LogP contribution >= 0.6 is 22.9 Å². The number of carbonyl (C=O) groups excluding carboxylic acids is 1. The molecule has 1 unspecified atom stereocenters. The molecule has 0 radical (unpaired) electrons. The van der Waals surface area contributed by atoms with Gasteiger partial charge in [0.15, 0.2) is 0 Å². The molecule has 0 bridgehead atoms. The fourth-order valence-electron chi connectivity index (χ4n) is 3.65. The van der Waals surface area contributed by atoms with Crippen LogP contribution in [0.15, 0.2) is 28.5 Å². The Kier molecular flexibility index (Phi) is 5.65. The summed E-state index contributed by atoms with van der Waals surface area (Å²) in [4.78, 5) is 16.8. The van der Waals surface area contributed by atoms with Crippen LogP contribution in [-0.4, -0.2) is 87.3 Å². The number of likely N-dealkylation sites (N-methyl/N-ethyl adjacent to an activating group) is 1. The lowest BCUT2D eigenvalue weighted by Gasteiger charge is -2.38. The van der Waals surface area contributed by atoms with E-state index in [1.165, 1.54) is 15.6 Å². The number of hydrogen-bond acceptors (Lipinski definition) is 6. The summed E-state index contributed by atoms with van der Waals surface area (Å²) in [7, 11) is -1.64. The fraction of sp³-hybridized carbons (Fsp3) is 0.500. The Labute approximate surface area is 173 Å². The summed E-state index contributed by atoms with van der Waals surface area (Å²) < 4.78 is 28.7. The molecule has 4 rings (SSSR count). The molecule has 28 heavy (non-hydrogen) atoms. The van der Waals surface area contributed by atoms with E-state index < -0.39 is 10.0 Å². The zero-order valence-electron chi connectivity index (χ0n) is 15.6. The van der Waals surface area contributed by atoms with E-state index in [0.717, 1.165) is 36.3 Å². The van der Waals surface area contributed by atoms with Gasteiger partial charge in [0, 0.05) is 49.0 Å². The van der Waals surface area contributed by atoms with E-state index in [-0.39, 0.29) is 29.2 Å². The minimum absolute atomic E-state index is 0.142. The van der Waals surface area contributed by atoms with Gasteiger partial charge in [-0.2, -0.15) is 4.31 Å². The molecule has 0 saturated carbocycles. The molecule has 2 fully saturated rings. The first-order valence-corrected chi connectivity index (χ1v) is 11.8. The summed E-state index contributed by atoms with van der Waals surface area (Å²) in [5.74, 6) is -0.252. The Bertz CT molecular complexity index is 986. The van der Waals surface area contributed by atoms with Gasteiger partial charge in [0.2, 0.25) is 5.91 Å². The fourth-order valence-corrected chi connectivity index (χ4v) is 6.92. The summed E-state index contributed by atoms with van der Waals surface area (Å²) in [6.45, 7) is 4.61. The van der Waals surface area contributed by atoms with E-state index >= 15 is 0 Å². The number of benzene rings is 1. The number of rotatable bonds is 4. The number of hydrogen-bond donors (Lipinski definition) is 1.